The first-order chi connectivity index (χ1) is 7.69. The van der Waals surface area contributed by atoms with Crippen molar-refractivity contribution in [3.8, 4) is 6.07 Å². The molecular formula is C12H16ClN3. The van der Waals surface area contributed by atoms with Gasteiger partial charge in [-0.25, -0.2) is 0 Å². The fourth-order valence-corrected chi connectivity index (χ4v) is 1.82. The SMILES string of the molecule is CNCCCN(C)c1ccc(C#N)cc1Cl. The van der Waals surface area contributed by atoms with E-state index in [-0.39, 0.29) is 0 Å². The van der Waals surface area contributed by atoms with Gasteiger partial charge in [0.05, 0.1) is 22.3 Å². The van der Waals surface area contributed by atoms with E-state index in [0.29, 0.717) is 10.6 Å². The molecule has 0 heterocycles. The zero-order valence-corrected chi connectivity index (χ0v) is 10.4. The Labute approximate surface area is 102 Å². The molecule has 0 fully saturated rings. The van der Waals surface area contributed by atoms with E-state index < -0.39 is 0 Å². The van der Waals surface area contributed by atoms with Crippen molar-refractivity contribution in [1.82, 2.24) is 5.32 Å². The fraction of sp³-hybridized carbons (Fsp3) is 0.417. The number of benzene rings is 1. The number of halogens is 1. The molecule has 0 spiro atoms. The second kappa shape index (κ2) is 6.37. The van der Waals surface area contributed by atoms with Crippen molar-refractivity contribution in [3.63, 3.8) is 0 Å². The normalized spacial score (nSPS) is 9.88. The van der Waals surface area contributed by atoms with Gasteiger partial charge in [0.2, 0.25) is 0 Å². The van der Waals surface area contributed by atoms with Gasteiger partial charge in [-0.1, -0.05) is 11.6 Å². The van der Waals surface area contributed by atoms with Crippen molar-refractivity contribution in [3.05, 3.63) is 28.8 Å². The average Bonchev–Trinajstić information content (AvgIpc) is 2.29. The average molecular weight is 238 g/mol. The van der Waals surface area contributed by atoms with Gasteiger partial charge in [0, 0.05) is 13.6 Å². The number of anilines is 1. The molecule has 0 amide bonds. The summed E-state index contributed by atoms with van der Waals surface area (Å²) >= 11 is 6.11. The summed E-state index contributed by atoms with van der Waals surface area (Å²) in [6, 6.07) is 7.45. The quantitative estimate of drug-likeness (QED) is 0.799. The minimum absolute atomic E-state index is 0.595. The van der Waals surface area contributed by atoms with E-state index in [1.54, 1.807) is 12.1 Å². The highest BCUT2D eigenvalue weighted by Crippen LogP contribution is 2.25. The van der Waals surface area contributed by atoms with Crippen molar-refractivity contribution in [2.75, 3.05) is 32.1 Å². The molecule has 1 aromatic rings. The van der Waals surface area contributed by atoms with Gasteiger partial charge in [-0.15, -0.1) is 0 Å². The smallest absolute Gasteiger partial charge is 0.0992 e. The summed E-state index contributed by atoms with van der Waals surface area (Å²) in [6.07, 6.45) is 1.06. The lowest BCUT2D eigenvalue weighted by Gasteiger charge is -2.20. The van der Waals surface area contributed by atoms with Crippen LogP contribution in [0, 0.1) is 11.3 Å². The highest BCUT2D eigenvalue weighted by Gasteiger charge is 2.06. The molecule has 0 aromatic heterocycles. The molecule has 1 aromatic carbocycles. The third-order valence-corrected chi connectivity index (χ3v) is 2.71. The Kier molecular flexibility index (Phi) is 5.10. The molecule has 3 nitrogen and oxygen atoms in total. The second-order valence-electron chi connectivity index (χ2n) is 3.66. The summed E-state index contributed by atoms with van der Waals surface area (Å²) in [6.45, 7) is 1.92. The van der Waals surface area contributed by atoms with Crippen LogP contribution in [0.3, 0.4) is 0 Å². The molecule has 0 saturated heterocycles. The minimum Gasteiger partial charge on any atom is -0.373 e. The number of hydrogen-bond acceptors (Lipinski definition) is 3. The summed E-state index contributed by atoms with van der Waals surface area (Å²) in [5.74, 6) is 0. The van der Waals surface area contributed by atoms with Crippen molar-refractivity contribution in [2.45, 2.75) is 6.42 Å². The Bertz CT molecular complexity index is 384. The maximum absolute atomic E-state index is 8.73. The second-order valence-corrected chi connectivity index (χ2v) is 4.06. The molecule has 86 valence electrons. The maximum Gasteiger partial charge on any atom is 0.0992 e. The molecule has 0 unspecified atom stereocenters. The van der Waals surface area contributed by atoms with E-state index in [4.69, 9.17) is 16.9 Å². The third kappa shape index (κ3) is 3.41. The van der Waals surface area contributed by atoms with Crippen LogP contribution in [0.15, 0.2) is 18.2 Å². The van der Waals surface area contributed by atoms with Crippen molar-refractivity contribution in [2.24, 2.45) is 0 Å². The number of rotatable bonds is 5. The monoisotopic (exact) mass is 237 g/mol. The highest BCUT2D eigenvalue weighted by molar-refractivity contribution is 6.33. The van der Waals surface area contributed by atoms with Gasteiger partial charge in [-0.05, 0) is 38.2 Å². The summed E-state index contributed by atoms with van der Waals surface area (Å²) in [4.78, 5) is 2.10. The van der Waals surface area contributed by atoms with Gasteiger partial charge >= 0.3 is 0 Å². The standard InChI is InChI=1S/C12H16ClN3/c1-15-6-3-7-16(2)12-5-4-10(9-14)8-11(12)13/h4-5,8,15H,3,6-7H2,1-2H3. The van der Waals surface area contributed by atoms with Gasteiger partial charge in [0.1, 0.15) is 0 Å². The molecule has 4 heteroatoms. The molecule has 0 saturated carbocycles. The van der Waals surface area contributed by atoms with E-state index in [9.17, 15) is 0 Å². The van der Waals surface area contributed by atoms with E-state index in [1.807, 2.05) is 20.2 Å². The first kappa shape index (κ1) is 12.8. The lowest BCUT2D eigenvalue weighted by Crippen LogP contribution is -2.22. The fourth-order valence-electron chi connectivity index (χ4n) is 1.50. The Hall–Kier alpha value is -1.24. The van der Waals surface area contributed by atoms with Crippen molar-refractivity contribution in [1.29, 1.82) is 5.26 Å². The van der Waals surface area contributed by atoms with Crippen LogP contribution in [0.1, 0.15) is 12.0 Å². The topological polar surface area (TPSA) is 39.1 Å². The lowest BCUT2D eigenvalue weighted by atomic mass is 10.2. The van der Waals surface area contributed by atoms with Crippen LogP contribution in [0.5, 0.6) is 0 Å². The van der Waals surface area contributed by atoms with Crippen molar-refractivity contribution < 1.29 is 0 Å². The molecule has 0 bridgehead atoms. The zero-order valence-electron chi connectivity index (χ0n) is 9.63. The Morgan fingerprint density at radius 2 is 2.25 bits per heavy atom. The van der Waals surface area contributed by atoms with E-state index in [2.05, 4.69) is 16.3 Å². The zero-order chi connectivity index (χ0) is 12.0. The van der Waals surface area contributed by atoms with E-state index in [1.165, 1.54) is 0 Å². The molecule has 0 aliphatic rings. The first-order valence-corrected chi connectivity index (χ1v) is 5.62. The number of hydrogen-bond donors (Lipinski definition) is 1. The highest BCUT2D eigenvalue weighted by atomic mass is 35.5. The van der Waals surface area contributed by atoms with Gasteiger partial charge in [0.15, 0.2) is 0 Å². The predicted octanol–water partition coefficient (Wildman–Crippen LogP) is 2.26. The Morgan fingerprint density at radius 3 is 2.81 bits per heavy atom. The van der Waals surface area contributed by atoms with Crippen LogP contribution in [-0.4, -0.2) is 27.2 Å². The van der Waals surface area contributed by atoms with Gasteiger partial charge in [0.25, 0.3) is 0 Å². The molecule has 0 aliphatic heterocycles. The number of nitrogens with zero attached hydrogens (tertiary/aromatic N) is 2. The molecular weight excluding hydrogens is 222 g/mol. The summed E-state index contributed by atoms with van der Waals surface area (Å²) < 4.78 is 0. The van der Waals surface area contributed by atoms with E-state index in [0.717, 1.165) is 25.2 Å². The van der Waals surface area contributed by atoms with Gasteiger partial charge in [-0.2, -0.15) is 5.26 Å². The largest absolute Gasteiger partial charge is 0.373 e. The van der Waals surface area contributed by atoms with Crippen LogP contribution in [0.4, 0.5) is 5.69 Å². The van der Waals surface area contributed by atoms with Crippen LogP contribution in [-0.2, 0) is 0 Å². The molecule has 0 radical (unpaired) electrons. The molecule has 0 aliphatic carbocycles. The van der Waals surface area contributed by atoms with Crippen LogP contribution >= 0.6 is 11.6 Å². The Morgan fingerprint density at radius 1 is 1.50 bits per heavy atom. The molecule has 1 rings (SSSR count). The van der Waals surface area contributed by atoms with E-state index >= 15 is 0 Å². The summed E-state index contributed by atoms with van der Waals surface area (Å²) in [5.41, 5.74) is 1.56. The summed E-state index contributed by atoms with van der Waals surface area (Å²) in [7, 11) is 3.94. The predicted molar refractivity (Wildman–Crippen MR) is 68.0 cm³/mol. The lowest BCUT2D eigenvalue weighted by molar-refractivity contribution is 0.713. The molecule has 1 N–H and O–H groups in total. The van der Waals surface area contributed by atoms with Crippen LogP contribution < -0.4 is 10.2 Å². The first-order valence-electron chi connectivity index (χ1n) is 5.24. The molecule has 16 heavy (non-hydrogen) atoms. The van der Waals surface area contributed by atoms with Gasteiger partial charge in [-0.3, -0.25) is 0 Å². The third-order valence-electron chi connectivity index (χ3n) is 2.41. The molecule has 0 atom stereocenters. The Balaban J connectivity index is 2.69. The van der Waals surface area contributed by atoms with Crippen LogP contribution in [0.25, 0.3) is 0 Å². The van der Waals surface area contributed by atoms with Crippen LogP contribution in [0.2, 0.25) is 5.02 Å². The van der Waals surface area contributed by atoms with Crippen molar-refractivity contribution >= 4 is 17.3 Å². The minimum atomic E-state index is 0.595. The number of nitrogens with one attached hydrogen (secondary N) is 1. The number of nitriles is 1. The maximum atomic E-state index is 8.73. The summed E-state index contributed by atoms with van der Waals surface area (Å²) in [5, 5.41) is 12.5. The van der Waals surface area contributed by atoms with Gasteiger partial charge < -0.3 is 10.2 Å².